The van der Waals surface area contributed by atoms with Gasteiger partial charge in [-0.05, 0) is 17.7 Å². The van der Waals surface area contributed by atoms with Crippen molar-refractivity contribution in [3.8, 4) is 5.75 Å². The van der Waals surface area contributed by atoms with Crippen LogP contribution in [0.5, 0.6) is 5.75 Å². The number of piperidine rings is 1. The summed E-state index contributed by atoms with van der Waals surface area (Å²) in [7, 11) is 3.81. The van der Waals surface area contributed by atoms with Crippen molar-refractivity contribution in [2.75, 3.05) is 27.2 Å². The first-order valence-electron chi connectivity index (χ1n) is 6.81. The van der Waals surface area contributed by atoms with Crippen LogP contribution in [0.25, 0.3) is 0 Å². The number of carbonyl (C=O) groups is 1. The molecule has 1 heterocycles. The average molecular weight is 264 g/mol. The van der Waals surface area contributed by atoms with E-state index in [1.54, 1.807) is 7.11 Å². The van der Waals surface area contributed by atoms with E-state index < -0.39 is 0 Å². The topological polar surface area (TPSA) is 40.0 Å². The molecule has 1 aliphatic heterocycles. The van der Waals surface area contributed by atoms with Crippen molar-refractivity contribution >= 4 is 5.97 Å². The standard InChI is InChI=1S/C15H21NO3/c1-16-9-7-14(8-10-16)19-15(17)11-12-3-5-13(18-2)6-4-12/h3-6,14H,7-11H2,1-2H3/p+1. The van der Waals surface area contributed by atoms with E-state index >= 15 is 0 Å². The Labute approximate surface area is 114 Å². The van der Waals surface area contributed by atoms with E-state index in [1.165, 1.54) is 4.90 Å². The number of rotatable bonds is 4. The highest BCUT2D eigenvalue weighted by Crippen LogP contribution is 2.13. The van der Waals surface area contributed by atoms with Crippen molar-refractivity contribution in [1.29, 1.82) is 0 Å². The SMILES string of the molecule is COc1ccc(CC(=O)OC2CC[NH+](C)CC2)cc1. The summed E-state index contributed by atoms with van der Waals surface area (Å²) in [6.45, 7) is 2.17. The van der Waals surface area contributed by atoms with Crippen LogP contribution in [0.4, 0.5) is 0 Å². The second-order valence-corrected chi connectivity index (χ2v) is 5.17. The number of hydrogen-bond donors (Lipinski definition) is 1. The van der Waals surface area contributed by atoms with Gasteiger partial charge in [-0.2, -0.15) is 0 Å². The van der Waals surface area contributed by atoms with Crippen molar-refractivity contribution in [2.24, 2.45) is 0 Å². The van der Waals surface area contributed by atoms with Crippen LogP contribution in [0.2, 0.25) is 0 Å². The summed E-state index contributed by atoms with van der Waals surface area (Å²) in [4.78, 5) is 13.4. The lowest BCUT2D eigenvalue weighted by molar-refractivity contribution is -0.885. The lowest BCUT2D eigenvalue weighted by Crippen LogP contribution is -3.10. The first-order valence-corrected chi connectivity index (χ1v) is 6.81. The largest absolute Gasteiger partial charge is 0.497 e. The van der Waals surface area contributed by atoms with Gasteiger partial charge >= 0.3 is 5.97 Å². The van der Waals surface area contributed by atoms with E-state index in [9.17, 15) is 4.79 Å². The van der Waals surface area contributed by atoms with Crippen LogP contribution in [0.3, 0.4) is 0 Å². The summed E-state index contributed by atoms with van der Waals surface area (Å²) >= 11 is 0. The predicted octanol–water partition coefficient (Wildman–Crippen LogP) is 0.458. The molecule has 0 radical (unpaired) electrons. The number of likely N-dealkylation sites (tertiary alicyclic amines) is 1. The molecule has 0 bridgehead atoms. The summed E-state index contributed by atoms with van der Waals surface area (Å²) in [5, 5.41) is 0. The van der Waals surface area contributed by atoms with Crippen LogP contribution >= 0.6 is 0 Å². The Balaban J connectivity index is 1.80. The molecular weight excluding hydrogens is 242 g/mol. The smallest absolute Gasteiger partial charge is 0.310 e. The van der Waals surface area contributed by atoms with Gasteiger partial charge in [-0.25, -0.2) is 0 Å². The summed E-state index contributed by atoms with van der Waals surface area (Å²) in [5.41, 5.74) is 0.962. The fourth-order valence-electron chi connectivity index (χ4n) is 2.34. The van der Waals surface area contributed by atoms with Gasteiger partial charge in [0.2, 0.25) is 0 Å². The highest BCUT2D eigenvalue weighted by atomic mass is 16.5. The van der Waals surface area contributed by atoms with Crippen LogP contribution in [0, 0.1) is 0 Å². The lowest BCUT2D eigenvalue weighted by atomic mass is 10.1. The molecule has 4 nitrogen and oxygen atoms in total. The highest BCUT2D eigenvalue weighted by Gasteiger charge is 2.22. The third kappa shape index (κ3) is 4.24. The Hall–Kier alpha value is -1.55. The van der Waals surface area contributed by atoms with Gasteiger partial charge in [-0.1, -0.05) is 12.1 Å². The molecule has 1 saturated heterocycles. The first kappa shape index (κ1) is 13.9. The Morgan fingerprint density at radius 3 is 2.47 bits per heavy atom. The molecule has 2 rings (SSSR count). The number of carbonyl (C=O) groups excluding carboxylic acids is 1. The zero-order valence-electron chi connectivity index (χ0n) is 11.6. The summed E-state index contributed by atoms with van der Waals surface area (Å²) in [5.74, 6) is 0.671. The zero-order valence-corrected chi connectivity index (χ0v) is 11.6. The number of quaternary nitrogens is 1. The summed E-state index contributed by atoms with van der Waals surface area (Å²) < 4.78 is 10.6. The van der Waals surface area contributed by atoms with Crippen LogP contribution < -0.4 is 9.64 Å². The third-order valence-corrected chi connectivity index (χ3v) is 3.59. The Morgan fingerprint density at radius 1 is 1.26 bits per heavy atom. The Bertz CT molecular complexity index is 408. The quantitative estimate of drug-likeness (QED) is 0.803. The van der Waals surface area contributed by atoms with Gasteiger partial charge in [0.15, 0.2) is 0 Å². The molecule has 0 aliphatic carbocycles. The van der Waals surface area contributed by atoms with Gasteiger partial charge in [0, 0.05) is 12.8 Å². The molecule has 4 heteroatoms. The molecule has 19 heavy (non-hydrogen) atoms. The average Bonchev–Trinajstić information content (AvgIpc) is 2.42. The van der Waals surface area contributed by atoms with Gasteiger partial charge in [0.1, 0.15) is 11.9 Å². The zero-order chi connectivity index (χ0) is 13.7. The molecule has 0 saturated carbocycles. The van der Waals surface area contributed by atoms with E-state index in [0.717, 1.165) is 37.2 Å². The predicted molar refractivity (Wildman–Crippen MR) is 72.4 cm³/mol. The van der Waals surface area contributed by atoms with Crippen molar-refractivity contribution in [1.82, 2.24) is 0 Å². The monoisotopic (exact) mass is 264 g/mol. The fraction of sp³-hybridized carbons (Fsp3) is 0.533. The molecule has 0 atom stereocenters. The fourth-order valence-corrected chi connectivity index (χ4v) is 2.34. The molecular formula is C15H22NO3+. The van der Waals surface area contributed by atoms with Gasteiger partial charge in [-0.3, -0.25) is 4.79 Å². The van der Waals surface area contributed by atoms with Crippen molar-refractivity contribution < 1.29 is 19.2 Å². The maximum atomic E-state index is 11.9. The maximum absolute atomic E-state index is 11.9. The van der Waals surface area contributed by atoms with E-state index in [0.29, 0.717) is 6.42 Å². The van der Waals surface area contributed by atoms with Crippen LogP contribution in [0.15, 0.2) is 24.3 Å². The molecule has 1 aliphatic rings. The van der Waals surface area contributed by atoms with Crippen molar-refractivity contribution in [2.45, 2.75) is 25.4 Å². The van der Waals surface area contributed by atoms with E-state index in [2.05, 4.69) is 7.05 Å². The number of methoxy groups -OCH3 is 1. The molecule has 1 aromatic rings. The van der Waals surface area contributed by atoms with Gasteiger partial charge < -0.3 is 14.4 Å². The van der Waals surface area contributed by atoms with Crippen LogP contribution in [0.1, 0.15) is 18.4 Å². The lowest BCUT2D eigenvalue weighted by Gasteiger charge is -2.26. The number of hydrogen-bond acceptors (Lipinski definition) is 3. The van der Waals surface area contributed by atoms with E-state index in [-0.39, 0.29) is 12.1 Å². The molecule has 1 N–H and O–H groups in total. The van der Waals surface area contributed by atoms with Crippen LogP contribution in [-0.2, 0) is 16.0 Å². The number of ether oxygens (including phenoxy) is 2. The summed E-state index contributed by atoms with van der Waals surface area (Å²) in [6, 6.07) is 7.53. The van der Waals surface area contributed by atoms with Gasteiger partial charge in [0.25, 0.3) is 0 Å². The molecule has 0 amide bonds. The van der Waals surface area contributed by atoms with Crippen LogP contribution in [-0.4, -0.2) is 39.3 Å². The van der Waals surface area contributed by atoms with Crippen molar-refractivity contribution in [3.05, 3.63) is 29.8 Å². The van der Waals surface area contributed by atoms with E-state index in [4.69, 9.17) is 9.47 Å². The summed E-state index contributed by atoms with van der Waals surface area (Å²) in [6.07, 6.45) is 2.39. The molecule has 0 aromatic heterocycles. The Morgan fingerprint density at radius 2 is 1.89 bits per heavy atom. The minimum atomic E-state index is -0.130. The second kappa shape index (κ2) is 6.57. The van der Waals surface area contributed by atoms with E-state index in [1.807, 2.05) is 24.3 Å². The molecule has 1 aromatic carbocycles. The number of nitrogens with one attached hydrogen (secondary N) is 1. The normalized spacial score (nSPS) is 22.8. The van der Waals surface area contributed by atoms with Gasteiger partial charge in [0.05, 0.1) is 33.7 Å². The second-order valence-electron chi connectivity index (χ2n) is 5.17. The minimum Gasteiger partial charge on any atom is -0.497 e. The third-order valence-electron chi connectivity index (χ3n) is 3.59. The van der Waals surface area contributed by atoms with Gasteiger partial charge in [-0.15, -0.1) is 0 Å². The molecule has 0 spiro atoms. The first-order chi connectivity index (χ1) is 9.17. The van der Waals surface area contributed by atoms with Crippen molar-refractivity contribution in [3.63, 3.8) is 0 Å². The Kier molecular flexibility index (Phi) is 4.80. The minimum absolute atomic E-state index is 0.106. The molecule has 1 fully saturated rings. The molecule has 0 unspecified atom stereocenters. The number of benzene rings is 1. The highest BCUT2D eigenvalue weighted by molar-refractivity contribution is 5.72. The number of esters is 1. The molecule has 104 valence electrons. The maximum Gasteiger partial charge on any atom is 0.310 e.